The third-order valence-electron chi connectivity index (χ3n) is 4.17. The van der Waals surface area contributed by atoms with Crippen molar-refractivity contribution in [2.75, 3.05) is 0 Å². The average molecular weight is 277 g/mol. The van der Waals surface area contributed by atoms with Gasteiger partial charge in [-0.3, -0.25) is 5.73 Å². The summed E-state index contributed by atoms with van der Waals surface area (Å²) < 4.78 is 0. The van der Waals surface area contributed by atoms with Crippen molar-refractivity contribution in [2.45, 2.75) is 18.6 Å². The molecule has 0 aromatic heterocycles. The fourth-order valence-electron chi connectivity index (χ4n) is 2.69. The molecule has 3 aromatic carbocycles. The minimum atomic E-state index is -1.39. The van der Waals surface area contributed by atoms with Crippen molar-refractivity contribution >= 4 is 10.8 Å². The zero-order chi connectivity index (χ0) is 14.9. The van der Waals surface area contributed by atoms with E-state index in [0.717, 1.165) is 16.5 Å². The highest BCUT2D eigenvalue weighted by Crippen LogP contribution is 2.33. The van der Waals surface area contributed by atoms with E-state index in [0.29, 0.717) is 0 Å². The molecule has 0 amide bonds. The fraction of sp³-hybridized carbons (Fsp3) is 0.158. The number of hydrogen-bond donors (Lipinski definition) is 2. The summed E-state index contributed by atoms with van der Waals surface area (Å²) >= 11 is 0. The van der Waals surface area contributed by atoms with Crippen LogP contribution in [0.4, 0.5) is 0 Å². The van der Waals surface area contributed by atoms with E-state index in [4.69, 9.17) is 5.73 Å². The fourth-order valence-corrected chi connectivity index (χ4v) is 2.69. The van der Waals surface area contributed by atoms with Gasteiger partial charge in [0.05, 0.1) is 0 Å². The van der Waals surface area contributed by atoms with Crippen molar-refractivity contribution in [1.29, 1.82) is 0 Å². The molecule has 0 aliphatic carbocycles. The minimum absolute atomic E-state index is 0.204. The van der Waals surface area contributed by atoms with Crippen molar-refractivity contribution in [3.63, 3.8) is 0 Å². The zero-order valence-electron chi connectivity index (χ0n) is 12.0. The van der Waals surface area contributed by atoms with Gasteiger partial charge in [0.1, 0.15) is 5.72 Å². The molecule has 0 aliphatic heterocycles. The van der Waals surface area contributed by atoms with E-state index in [1.165, 1.54) is 5.39 Å². The maximum Gasteiger partial charge on any atom is 0.146 e. The van der Waals surface area contributed by atoms with Gasteiger partial charge in [-0.2, -0.15) is 0 Å². The first-order valence-corrected chi connectivity index (χ1v) is 7.14. The maximum atomic E-state index is 10.8. The van der Waals surface area contributed by atoms with Crippen LogP contribution in [0.15, 0.2) is 72.8 Å². The molecule has 0 saturated heterocycles. The smallest absolute Gasteiger partial charge is 0.146 e. The van der Waals surface area contributed by atoms with Crippen LogP contribution in [0.1, 0.15) is 24.0 Å². The molecule has 0 heterocycles. The molecular formula is C19H19NO. The van der Waals surface area contributed by atoms with Crippen molar-refractivity contribution in [2.24, 2.45) is 5.73 Å². The molecule has 0 radical (unpaired) electrons. The van der Waals surface area contributed by atoms with Crippen LogP contribution >= 0.6 is 0 Å². The molecule has 0 fully saturated rings. The van der Waals surface area contributed by atoms with Gasteiger partial charge in [0.25, 0.3) is 0 Å². The lowest BCUT2D eigenvalue weighted by Crippen LogP contribution is -2.41. The van der Waals surface area contributed by atoms with Crippen LogP contribution in [0.3, 0.4) is 0 Å². The highest BCUT2D eigenvalue weighted by atomic mass is 16.3. The van der Waals surface area contributed by atoms with E-state index in [1.54, 1.807) is 0 Å². The second kappa shape index (κ2) is 5.32. The summed E-state index contributed by atoms with van der Waals surface area (Å²) in [4.78, 5) is 0. The first-order valence-electron chi connectivity index (χ1n) is 7.14. The number of hydrogen-bond acceptors (Lipinski definition) is 2. The molecule has 2 unspecified atom stereocenters. The van der Waals surface area contributed by atoms with E-state index in [-0.39, 0.29) is 5.92 Å². The first-order chi connectivity index (χ1) is 10.1. The van der Waals surface area contributed by atoms with E-state index in [9.17, 15) is 5.11 Å². The van der Waals surface area contributed by atoms with Crippen LogP contribution in [-0.2, 0) is 5.72 Å². The lowest BCUT2D eigenvalue weighted by Gasteiger charge is -2.31. The summed E-state index contributed by atoms with van der Waals surface area (Å²) in [5, 5.41) is 13.1. The molecule has 0 aliphatic rings. The Morgan fingerprint density at radius 2 is 1.48 bits per heavy atom. The van der Waals surface area contributed by atoms with Gasteiger partial charge in [-0.05, 0) is 21.9 Å². The second-order valence-corrected chi connectivity index (χ2v) is 5.52. The molecule has 0 spiro atoms. The summed E-state index contributed by atoms with van der Waals surface area (Å²) in [7, 11) is 0. The van der Waals surface area contributed by atoms with Crippen molar-refractivity contribution in [3.05, 3.63) is 83.9 Å². The van der Waals surface area contributed by atoms with Gasteiger partial charge >= 0.3 is 0 Å². The lowest BCUT2D eigenvalue weighted by molar-refractivity contribution is 0.0191. The lowest BCUT2D eigenvalue weighted by atomic mass is 9.85. The monoisotopic (exact) mass is 277 g/mol. The van der Waals surface area contributed by atoms with Gasteiger partial charge in [-0.15, -0.1) is 0 Å². The summed E-state index contributed by atoms with van der Waals surface area (Å²) in [5.41, 5.74) is 6.59. The summed E-state index contributed by atoms with van der Waals surface area (Å²) in [5.74, 6) is -0.204. The van der Waals surface area contributed by atoms with Crippen LogP contribution in [0, 0.1) is 0 Å². The van der Waals surface area contributed by atoms with E-state index in [2.05, 4.69) is 24.3 Å². The Morgan fingerprint density at radius 1 is 0.857 bits per heavy atom. The molecule has 2 atom stereocenters. The van der Waals surface area contributed by atoms with Gasteiger partial charge in [-0.25, -0.2) is 0 Å². The summed E-state index contributed by atoms with van der Waals surface area (Å²) in [6.45, 7) is 1.96. The quantitative estimate of drug-likeness (QED) is 0.716. The maximum absolute atomic E-state index is 10.8. The second-order valence-electron chi connectivity index (χ2n) is 5.52. The third-order valence-corrected chi connectivity index (χ3v) is 4.17. The third kappa shape index (κ3) is 2.56. The molecule has 3 aromatic rings. The van der Waals surface area contributed by atoms with Gasteiger partial charge in [0.2, 0.25) is 0 Å². The Morgan fingerprint density at radius 3 is 2.19 bits per heavy atom. The van der Waals surface area contributed by atoms with E-state index >= 15 is 0 Å². The Bertz CT molecular complexity index is 750. The molecule has 106 valence electrons. The number of aliphatic hydroxyl groups is 1. The van der Waals surface area contributed by atoms with Crippen LogP contribution in [0.25, 0.3) is 10.8 Å². The molecular weight excluding hydrogens is 258 g/mol. The van der Waals surface area contributed by atoms with Gasteiger partial charge in [0.15, 0.2) is 0 Å². The molecule has 0 bridgehead atoms. The largest absolute Gasteiger partial charge is 0.371 e. The zero-order valence-corrected chi connectivity index (χ0v) is 12.0. The van der Waals surface area contributed by atoms with Gasteiger partial charge in [0, 0.05) is 5.92 Å². The summed E-state index contributed by atoms with van der Waals surface area (Å²) in [6, 6.07) is 23.8. The van der Waals surface area contributed by atoms with Crippen LogP contribution in [-0.4, -0.2) is 5.11 Å². The van der Waals surface area contributed by atoms with E-state index < -0.39 is 5.72 Å². The average Bonchev–Trinajstić information content (AvgIpc) is 2.54. The number of nitrogens with two attached hydrogens (primary N) is 1. The van der Waals surface area contributed by atoms with Gasteiger partial charge in [-0.1, -0.05) is 79.7 Å². The number of benzene rings is 3. The van der Waals surface area contributed by atoms with E-state index in [1.807, 2.05) is 55.5 Å². The first kappa shape index (κ1) is 13.8. The summed E-state index contributed by atoms with van der Waals surface area (Å²) in [6.07, 6.45) is 0. The Hall–Kier alpha value is -2.16. The molecule has 3 rings (SSSR count). The Labute approximate surface area is 124 Å². The standard InChI is InChI=1S/C19H19NO/c1-14(19(20,21)18-9-3-2-4-10-18)16-12-11-15-7-5-6-8-17(15)13-16/h2-14,21H,20H2,1H3. The highest BCUT2D eigenvalue weighted by molar-refractivity contribution is 5.83. The minimum Gasteiger partial charge on any atom is -0.371 e. The Kier molecular flexibility index (Phi) is 3.50. The predicted molar refractivity (Wildman–Crippen MR) is 86.9 cm³/mol. The van der Waals surface area contributed by atoms with Crippen LogP contribution < -0.4 is 5.73 Å². The Balaban J connectivity index is 2.01. The SMILES string of the molecule is CC(c1ccc2ccccc2c1)C(N)(O)c1ccccc1. The predicted octanol–water partition coefficient (Wildman–Crippen LogP) is 3.75. The number of fused-ring (bicyclic) bond motifs is 1. The molecule has 0 saturated carbocycles. The molecule has 2 heteroatoms. The van der Waals surface area contributed by atoms with Crippen molar-refractivity contribution in [1.82, 2.24) is 0 Å². The normalized spacial score (nSPS) is 15.6. The molecule has 2 nitrogen and oxygen atoms in total. The molecule has 3 N–H and O–H groups in total. The molecule has 21 heavy (non-hydrogen) atoms. The van der Waals surface area contributed by atoms with Gasteiger partial charge < -0.3 is 5.11 Å². The van der Waals surface area contributed by atoms with Crippen molar-refractivity contribution < 1.29 is 5.11 Å². The van der Waals surface area contributed by atoms with Crippen LogP contribution in [0.5, 0.6) is 0 Å². The van der Waals surface area contributed by atoms with Crippen molar-refractivity contribution in [3.8, 4) is 0 Å². The van der Waals surface area contributed by atoms with Crippen LogP contribution in [0.2, 0.25) is 0 Å². The topological polar surface area (TPSA) is 46.2 Å². The highest BCUT2D eigenvalue weighted by Gasteiger charge is 2.32. The number of rotatable bonds is 3.